The van der Waals surface area contributed by atoms with Gasteiger partial charge in [-0.15, -0.1) is 0 Å². The van der Waals surface area contributed by atoms with E-state index >= 15 is 0 Å². The quantitative estimate of drug-likeness (QED) is 0.704. The minimum absolute atomic E-state index is 0.102. The van der Waals surface area contributed by atoms with Gasteiger partial charge in [-0.25, -0.2) is 0 Å². The van der Waals surface area contributed by atoms with Crippen molar-refractivity contribution in [2.45, 2.75) is 18.9 Å². The molecule has 2 aromatic rings. The number of benzene rings is 2. The van der Waals surface area contributed by atoms with Crippen molar-refractivity contribution in [1.82, 2.24) is 5.32 Å². The summed E-state index contributed by atoms with van der Waals surface area (Å²) in [6.45, 7) is 0.143. The Balaban J connectivity index is 1.86. The third-order valence-corrected chi connectivity index (χ3v) is 4.64. The molecule has 1 atom stereocenters. The minimum Gasteiger partial charge on any atom is -0.493 e. The van der Waals surface area contributed by atoms with Crippen molar-refractivity contribution >= 4 is 21.8 Å². The second-order valence-corrected chi connectivity index (χ2v) is 6.38. The highest BCUT2D eigenvalue weighted by atomic mass is 79.9. The molecule has 5 nitrogen and oxygen atoms in total. The molecule has 0 saturated heterocycles. The summed E-state index contributed by atoms with van der Waals surface area (Å²) in [4.78, 5) is 12.0. The Kier molecular flexibility index (Phi) is 7.28. The lowest BCUT2D eigenvalue weighted by atomic mass is 10.1. The Hall–Kier alpha value is -2.05. The first-order valence-electron chi connectivity index (χ1n) is 7.95. The maximum Gasteiger partial charge on any atom is 0.220 e. The van der Waals surface area contributed by atoms with Gasteiger partial charge in [0.2, 0.25) is 5.91 Å². The van der Waals surface area contributed by atoms with Crippen LogP contribution in [0.15, 0.2) is 46.9 Å². The lowest BCUT2D eigenvalue weighted by molar-refractivity contribution is -0.121. The van der Waals surface area contributed by atoms with Crippen LogP contribution in [-0.4, -0.2) is 31.8 Å². The van der Waals surface area contributed by atoms with Crippen LogP contribution in [0.3, 0.4) is 0 Å². The average Bonchev–Trinajstić information content (AvgIpc) is 2.64. The van der Waals surface area contributed by atoms with Gasteiger partial charge in [0.25, 0.3) is 0 Å². The summed E-state index contributed by atoms with van der Waals surface area (Å²) in [6, 6.07) is 13.0. The second kappa shape index (κ2) is 9.44. The molecule has 0 aromatic heterocycles. The summed E-state index contributed by atoms with van der Waals surface area (Å²) in [5.41, 5.74) is 1.74. The lowest BCUT2D eigenvalue weighted by Gasteiger charge is -2.15. The summed E-state index contributed by atoms with van der Waals surface area (Å²) >= 11 is 3.47. The molecule has 0 saturated carbocycles. The fourth-order valence-electron chi connectivity index (χ4n) is 2.43. The van der Waals surface area contributed by atoms with Crippen molar-refractivity contribution in [1.29, 1.82) is 0 Å². The number of carbonyl (C=O) groups is 1. The van der Waals surface area contributed by atoms with Crippen molar-refractivity contribution in [2.75, 3.05) is 20.8 Å². The molecule has 0 radical (unpaired) electrons. The number of aliphatic hydroxyl groups excluding tert-OH is 1. The summed E-state index contributed by atoms with van der Waals surface area (Å²) in [6.07, 6.45) is 0.188. The van der Waals surface area contributed by atoms with Gasteiger partial charge in [0.1, 0.15) is 0 Å². The van der Waals surface area contributed by atoms with E-state index in [2.05, 4.69) is 21.2 Å². The summed E-state index contributed by atoms with van der Waals surface area (Å²) in [5, 5.41) is 13.0. The van der Waals surface area contributed by atoms with Crippen LogP contribution in [0.4, 0.5) is 0 Å². The van der Waals surface area contributed by atoms with E-state index in [0.29, 0.717) is 29.9 Å². The van der Waals surface area contributed by atoms with Crippen LogP contribution in [0.2, 0.25) is 0 Å². The Morgan fingerprint density at radius 3 is 2.56 bits per heavy atom. The van der Waals surface area contributed by atoms with Crippen molar-refractivity contribution in [3.05, 3.63) is 58.1 Å². The topological polar surface area (TPSA) is 67.8 Å². The first-order chi connectivity index (χ1) is 12.0. The van der Waals surface area contributed by atoms with Crippen LogP contribution in [0.1, 0.15) is 23.7 Å². The van der Waals surface area contributed by atoms with E-state index in [1.54, 1.807) is 25.3 Å². The Morgan fingerprint density at radius 1 is 1.16 bits per heavy atom. The fourth-order valence-corrected chi connectivity index (χ4v) is 2.91. The molecule has 6 heteroatoms. The predicted molar refractivity (Wildman–Crippen MR) is 100.0 cm³/mol. The zero-order chi connectivity index (χ0) is 18.2. The number of halogens is 1. The number of carbonyl (C=O) groups excluding carboxylic acids is 1. The van der Waals surface area contributed by atoms with Crippen LogP contribution in [0.25, 0.3) is 0 Å². The van der Waals surface area contributed by atoms with Crippen LogP contribution in [0.5, 0.6) is 11.5 Å². The van der Waals surface area contributed by atoms with Gasteiger partial charge in [-0.05, 0) is 35.7 Å². The fraction of sp³-hybridized carbons (Fsp3) is 0.316. The Bertz CT molecular complexity index is 720. The number of hydrogen-bond donors (Lipinski definition) is 2. The molecular weight excluding hydrogens is 386 g/mol. The highest BCUT2D eigenvalue weighted by Gasteiger charge is 2.13. The van der Waals surface area contributed by atoms with E-state index in [4.69, 9.17) is 9.47 Å². The second-order valence-electron chi connectivity index (χ2n) is 5.53. The van der Waals surface area contributed by atoms with E-state index < -0.39 is 6.10 Å². The highest BCUT2D eigenvalue weighted by molar-refractivity contribution is 9.10. The summed E-state index contributed by atoms with van der Waals surface area (Å²) < 4.78 is 11.4. The molecule has 0 spiro atoms. The number of aryl methyl sites for hydroxylation is 1. The first-order valence-corrected chi connectivity index (χ1v) is 8.74. The molecule has 1 unspecified atom stereocenters. The van der Waals surface area contributed by atoms with Crippen molar-refractivity contribution in [3.8, 4) is 11.5 Å². The molecule has 0 aliphatic heterocycles. The monoisotopic (exact) mass is 407 g/mol. The number of aliphatic hydroxyl groups is 1. The molecule has 25 heavy (non-hydrogen) atoms. The third kappa shape index (κ3) is 5.47. The molecular formula is C19H22BrNO4. The Labute approximate surface area is 156 Å². The van der Waals surface area contributed by atoms with E-state index in [1.165, 1.54) is 7.11 Å². The van der Waals surface area contributed by atoms with Crippen LogP contribution in [0, 0.1) is 0 Å². The average molecular weight is 408 g/mol. The van der Waals surface area contributed by atoms with Gasteiger partial charge in [0.05, 0.1) is 20.3 Å². The number of ether oxygens (including phenoxy) is 2. The third-order valence-electron chi connectivity index (χ3n) is 3.86. The molecule has 1 amide bonds. The molecule has 2 aromatic carbocycles. The standard InChI is InChI=1S/C19H22BrNO4/c1-24-17-9-7-14(11-18(17)25-2)16(22)12-21-19(23)10-8-13-5-3-4-6-15(13)20/h3-7,9,11,16,22H,8,10,12H2,1-2H3,(H,21,23). The molecule has 0 fully saturated rings. The molecule has 0 bridgehead atoms. The van der Waals surface area contributed by atoms with Crippen LogP contribution in [-0.2, 0) is 11.2 Å². The number of rotatable bonds is 8. The van der Waals surface area contributed by atoms with Gasteiger partial charge in [-0.1, -0.05) is 40.2 Å². The largest absolute Gasteiger partial charge is 0.493 e. The van der Waals surface area contributed by atoms with Gasteiger partial charge in [0.15, 0.2) is 11.5 Å². The van der Waals surface area contributed by atoms with E-state index in [9.17, 15) is 9.90 Å². The lowest BCUT2D eigenvalue weighted by Crippen LogP contribution is -2.28. The molecule has 0 aliphatic rings. The van der Waals surface area contributed by atoms with Crippen molar-refractivity contribution in [3.63, 3.8) is 0 Å². The number of methoxy groups -OCH3 is 2. The normalized spacial score (nSPS) is 11.7. The highest BCUT2D eigenvalue weighted by Crippen LogP contribution is 2.29. The van der Waals surface area contributed by atoms with Gasteiger partial charge in [-0.3, -0.25) is 4.79 Å². The number of nitrogens with one attached hydrogen (secondary N) is 1. The Morgan fingerprint density at radius 2 is 1.88 bits per heavy atom. The molecule has 134 valence electrons. The zero-order valence-corrected chi connectivity index (χ0v) is 15.9. The van der Waals surface area contributed by atoms with Crippen LogP contribution >= 0.6 is 15.9 Å². The smallest absolute Gasteiger partial charge is 0.220 e. The predicted octanol–water partition coefficient (Wildman–Crippen LogP) is 3.25. The number of hydrogen-bond acceptors (Lipinski definition) is 4. The van der Waals surface area contributed by atoms with Crippen LogP contribution < -0.4 is 14.8 Å². The minimum atomic E-state index is -0.813. The zero-order valence-electron chi connectivity index (χ0n) is 14.3. The summed E-state index contributed by atoms with van der Waals surface area (Å²) in [7, 11) is 3.09. The van der Waals surface area contributed by atoms with Crippen molar-refractivity contribution < 1.29 is 19.4 Å². The maximum atomic E-state index is 12.0. The van der Waals surface area contributed by atoms with Gasteiger partial charge < -0.3 is 19.9 Å². The van der Waals surface area contributed by atoms with E-state index in [-0.39, 0.29) is 12.5 Å². The van der Waals surface area contributed by atoms with Gasteiger partial charge >= 0.3 is 0 Å². The molecule has 2 N–H and O–H groups in total. The van der Waals surface area contributed by atoms with Gasteiger partial charge in [-0.2, -0.15) is 0 Å². The first kappa shape index (κ1) is 19.3. The summed E-state index contributed by atoms with van der Waals surface area (Å²) in [5.74, 6) is 1.03. The van der Waals surface area contributed by atoms with Crippen molar-refractivity contribution in [2.24, 2.45) is 0 Å². The van der Waals surface area contributed by atoms with Gasteiger partial charge in [0, 0.05) is 17.4 Å². The maximum absolute atomic E-state index is 12.0. The molecule has 0 heterocycles. The molecule has 0 aliphatic carbocycles. The number of amides is 1. The molecule has 2 rings (SSSR count). The van der Waals surface area contributed by atoms with E-state index in [1.807, 2.05) is 24.3 Å². The SMILES string of the molecule is COc1ccc(C(O)CNC(=O)CCc2ccccc2Br)cc1OC. The van der Waals surface area contributed by atoms with E-state index in [0.717, 1.165) is 10.0 Å².